The molecule has 0 saturated carbocycles. The van der Waals surface area contributed by atoms with Gasteiger partial charge in [0.25, 0.3) is 0 Å². The maximum atomic E-state index is 5.31. The predicted molar refractivity (Wildman–Crippen MR) is 37.4 cm³/mol. The lowest BCUT2D eigenvalue weighted by atomic mass is 10.0. The van der Waals surface area contributed by atoms with Crippen LogP contribution in [0.3, 0.4) is 0 Å². The molecule has 0 heterocycles. The molecule has 0 aromatic carbocycles. The van der Waals surface area contributed by atoms with Crippen molar-refractivity contribution < 1.29 is 0 Å². The molecule has 0 bridgehead atoms. The standard InChI is InChI=1S/C7H16N/c1-3-7(2)5-4-6-8/h7H,1,3-6,8H2,2H3. The van der Waals surface area contributed by atoms with Crippen LogP contribution in [0.5, 0.6) is 0 Å². The van der Waals surface area contributed by atoms with E-state index in [4.69, 9.17) is 5.73 Å². The third kappa shape index (κ3) is 4.13. The largest absolute Gasteiger partial charge is 0.330 e. The SMILES string of the molecule is [CH2]CC(C)CCCN. The van der Waals surface area contributed by atoms with Gasteiger partial charge in [-0.2, -0.15) is 0 Å². The Bertz CT molecular complexity index is 43.7. The van der Waals surface area contributed by atoms with Gasteiger partial charge in [-0.05, 0) is 25.3 Å². The van der Waals surface area contributed by atoms with Gasteiger partial charge in [-0.1, -0.05) is 20.3 Å². The van der Waals surface area contributed by atoms with Gasteiger partial charge in [-0.25, -0.2) is 0 Å². The molecule has 0 aromatic heterocycles. The zero-order valence-electron chi connectivity index (χ0n) is 5.69. The first-order chi connectivity index (χ1) is 3.81. The number of nitrogens with two attached hydrogens (primary N) is 1. The van der Waals surface area contributed by atoms with Crippen molar-refractivity contribution in [3.8, 4) is 0 Å². The Morgan fingerprint density at radius 1 is 1.62 bits per heavy atom. The van der Waals surface area contributed by atoms with Crippen molar-refractivity contribution in [3.05, 3.63) is 6.92 Å². The smallest absolute Gasteiger partial charge is 0.00772 e. The van der Waals surface area contributed by atoms with Crippen molar-refractivity contribution in [2.45, 2.75) is 26.2 Å². The Labute approximate surface area is 52.3 Å². The summed E-state index contributed by atoms with van der Waals surface area (Å²) in [5.74, 6) is 0.763. The van der Waals surface area contributed by atoms with E-state index < -0.39 is 0 Å². The second-order valence-electron chi connectivity index (χ2n) is 2.32. The fraction of sp³-hybridized carbons (Fsp3) is 0.857. The highest BCUT2D eigenvalue weighted by atomic mass is 14.5. The number of rotatable bonds is 4. The average molecular weight is 114 g/mol. The van der Waals surface area contributed by atoms with Gasteiger partial charge in [-0.3, -0.25) is 0 Å². The van der Waals surface area contributed by atoms with E-state index in [1.54, 1.807) is 0 Å². The maximum absolute atomic E-state index is 5.31. The van der Waals surface area contributed by atoms with Crippen LogP contribution in [-0.2, 0) is 0 Å². The minimum atomic E-state index is 0.763. The molecule has 1 heteroatoms. The summed E-state index contributed by atoms with van der Waals surface area (Å²) in [5.41, 5.74) is 5.31. The van der Waals surface area contributed by atoms with Crippen LogP contribution in [0, 0.1) is 12.8 Å². The summed E-state index contributed by atoms with van der Waals surface area (Å²) in [4.78, 5) is 0. The first-order valence-corrected chi connectivity index (χ1v) is 3.30. The molecule has 0 aliphatic heterocycles. The molecule has 1 unspecified atom stereocenters. The first-order valence-electron chi connectivity index (χ1n) is 3.30. The minimum Gasteiger partial charge on any atom is -0.330 e. The summed E-state index contributed by atoms with van der Waals surface area (Å²) in [6, 6.07) is 0. The van der Waals surface area contributed by atoms with E-state index >= 15 is 0 Å². The fourth-order valence-electron chi connectivity index (χ4n) is 0.611. The van der Waals surface area contributed by atoms with Crippen LogP contribution in [0.1, 0.15) is 26.2 Å². The average Bonchev–Trinajstić information content (AvgIpc) is 1.83. The first kappa shape index (κ1) is 7.96. The van der Waals surface area contributed by atoms with Gasteiger partial charge in [0, 0.05) is 0 Å². The molecule has 0 amide bonds. The zero-order valence-corrected chi connectivity index (χ0v) is 5.69. The lowest BCUT2D eigenvalue weighted by molar-refractivity contribution is 0.519. The maximum Gasteiger partial charge on any atom is -0.00772 e. The van der Waals surface area contributed by atoms with Crippen LogP contribution in [0.2, 0.25) is 0 Å². The molecular formula is C7H16N. The zero-order chi connectivity index (χ0) is 6.41. The Balaban J connectivity index is 2.86. The lowest BCUT2D eigenvalue weighted by Crippen LogP contribution is -2.01. The van der Waals surface area contributed by atoms with Crippen LogP contribution in [0.15, 0.2) is 0 Å². The molecule has 0 rings (SSSR count). The van der Waals surface area contributed by atoms with Crippen LogP contribution in [-0.4, -0.2) is 6.54 Å². The molecule has 1 atom stereocenters. The second kappa shape index (κ2) is 5.10. The van der Waals surface area contributed by atoms with Crippen molar-refractivity contribution in [3.63, 3.8) is 0 Å². The summed E-state index contributed by atoms with van der Waals surface area (Å²) >= 11 is 0. The third-order valence-electron chi connectivity index (χ3n) is 1.39. The highest BCUT2D eigenvalue weighted by Gasteiger charge is 1.94. The molecule has 0 spiro atoms. The number of hydrogen-bond acceptors (Lipinski definition) is 1. The third-order valence-corrected chi connectivity index (χ3v) is 1.39. The molecule has 0 saturated heterocycles. The van der Waals surface area contributed by atoms with Crippen molar-refractivity contribution in [2.24, 2.45) is 11.7 Å². The summed E-state index contributed by atoms with van der Waals surface area (Å²) < 4.78 is 0. The van der Waals surface area contributed by atoms with E-state index in [-0.39, 0.29) is 0 Å². The van der Waals surface area contributed by atoms with Crippen molar-refractivity contribution in [1.29, 1.82) is 0 Å². The quantitative estimate of drug-likeness (QED) is 0.590. The molecule has 0 aromatic rings. The molecule has 8 heavy (non-hydrogen) atoms. The van der Waals surface area contributed by atoms with Gasteiger partial charge in [0.1, 0.15) is 0 Å². The van der Waals surface area contributed by atoms with Crippen molar-refractivity contribution in [1.82, 2.24) is 0 Å². The highest BCUT2D eigenvalue weighted by Crippen LogP contribution is 2.06. The molecule has 1 nitrogen and oxygen atoms in total. The molecular weight excluding hydrogens is 98.1 g/mol. The van der Waals surface area contributed by atoms with Gasteiger partial charge in [-0.15, -0.1) is 0 Å². The van der Waals surface area contributed by atoms with Gasteiger partial charge in [0.15, 0.2) is 0 Å². The minimum absolute atomic E-state index is 0.763. The van der Waals surface area contributed by atoms with E-state index in [1.807, 2.05) is 0 Å². The van der Waals surface area contributed by atoms with Crippen LogP contribution in [0.4, 0.5) is 0 Å². The fourth-order valence-corrected chi connectivity index (χ4v) is 0.611. The molecule has 0 aliphatic carbocycles. The van der Waals surface area contributed by atoms with Crippen LogP contribution in [0.25, 0.3) is 0 Å². The van der Waals surface area contributed by atoms with Crippen LogP contribution >= 0.6 is 0 Å². The molecule has 0 aliphatic rings. The highest BCUT2D eigenvalue weighted by molar-refractivity contribution is 4.53. The van der Waals surface area contributed by atoms with Gasteiger partial charge >= 0.3 is 0 Å². The Kier molecular flexibility index (Phi) is 5.08. The Hall–Kier alpha value is -0.0400. The topological polar surface area (TPSA) is 26.0 Å². The van der Waals surface area contributed by atoms with Gasteiger partial charge in [0.2, 0.25) is 0 Å². The number of hydrogen-bond donors (Lipinski definition) is 1. The summed E-state index contributed by atoms with van der Waals surface area (Å²) in [6.45, 7) is 6.83. The molecule has 1 radical (unpaired) electrons. The van der Waals surface area contributed by atoms with Crippen molar-refractivity contribution >= 4 is 0 Å². The predicted octanol–water partition coefficient (Wildman–Crippen LogP) is 1.59. The van der Waals surface area contributed by atoms with Gasteiger partial charge in [0.05, 0.1) is 0 Å². The summed E-state index contributed by atoms with van der Waals surface area (Å²) in [6.07, 6.45) is 3.43. The summed E-state index contributed by atoms with van der Waals surface area (Å²) in [7, 11) is 0. The monoisotopic (exact) mass is 114 g/mol. The van der Waals surface area contributed by atoms with E-state index in [0.717, 1.165) is 25.3 Å². The van der Waals surface area contributed by atoms with E-state index in [2.05, 4.69) is 13.8 Å². The Morgan fingerprint density at radius 3 is 2.62 bits per heavy atom. The molecule has 2 N–H and O–H groups in total. The van der Waals surface area contributed by atoms with Crippen LogP contribution < -0.4 is 5.73 Å². The van der Waals surface area contributed by atoms with E-state index in [0.29, 0.717) is 0 Å². The second-order valence-corrected chi connectivity index (χ2v) is 2.32. The summed E-state index contributed by atoms with van der Waals surface area (Å²) in [5, 5.41) is 0. The molecule has 0 fully saturated rings. The van der Waals surface area contributed by atoms with E-state index in [1.165, 1.54) is 6.42 Å². The normalized spacial score (nSPS) is 13.9. The lowest BCUT2D eigenvalue weighted by Gasteiger charge is -2.04. The van der Waals surface area contributed by atoms with Crippen molar-refractivity contribution in [2.75, 3.05) is 6.54 Å². The Morgan fingerprint density at radius 2 is 2.25 bits per heavy atom. The molecule has 49 valence electrons. The van der Waals surface area contributed by atoms with E-state index in [9.17, 15) is 0 Å². The van der Waals surface area contributed by atoms with Gasteiger partial charge < -0.3 is 5.73 Å².